The average molecular weight is 329 g/mol. The maximum Gasteiger partial charge on any atom is 0.270 e. The van der Waals surface area contributed by atoms with E-state index in [1.807, 2.05) is 19.3 Å². The first-order valence-electron chi connectivity index (χ1n) is 6.87. The molecule has 1 saturated carbocycles. The number of halogens is 1. The standard InChI is InChI=1S/C14H21BrN2O2/c1-16(7-3-2-4-8-18)14(19)13-9-11(15)10-17(13)12-5-6-12/h9-10,12,18H,2-8H2,1H3. The zero-order valence-electron chi connectivity index (χ0n) is 11.3. The zero-order chi connectivity index (χ0) is 13.8. The van der Waals surface area contributed by atoms with Gasteiger partial charge in [0.25, 0.3) is 5.91 Å². The molecule has 1 N–H and O–H groups in total. The Hall–Kier alpha value is -0.810. The summed E-state index contributed by atoms with van der Waals surface area (Å²) in [5, 5.41) is 8.74. The van der Waals surface area contributed by atoms with Gasteiger partial charge in [-0.2, -0.15) is 0 Å². The molecular formula is C14H21BrN2O2. The average Bonchev–Trinajstić information content (AvgIpc) is 3.16. The number of carbonyl (C=O) groups excluding carboxylic acids is 1. The Labute approximate surface area is 122 Å². The van der Waals surface area contributed by atoms with Crippen LogP contribution in [0.15, 0.2) is 16.7 Å². The van der Waals surface area contributed by atoms with Crippen LogP contribution in [-0.4, -0.2) is 40.7 Å². The molecule has 1 amide bonds. The Balaban J connectivity index is 1.94. The van der Waals surface area contributed by atoms with Crippen molar-refractivity contribution >= 4 is 21.8 Å². The SMILES string of the molecule is CN(CCCCCO)C(=O)c1cc(Br)cn1C1CC1. The van der Waals surface area contributed by atoms with Crippen molar-refractivity contribution in [3.63, 3.8) is 0 Å². The number of unbranched alkanes of at least 4 members (excludes halogenated alkanes) is 2. The Morgan fingerprint density at radius 3 is 2.84 bits per heavy atom. The molecular weight excluding hydrogens is 308 g/mol. The molecule has 1 aliphatic rings. The summed E-state index contributed by atoms with van der Waals surface area (Å²) in [5.41, 5.74) is 0.777. The van der Waals surface area contributed by atoms with Crippen molar-refractivity contribution in [2.45, 2.75) is 38.1 Å². The Kier molecular flexibility index (Phi) is 5.05. The van der Waals surface area contributed by atoms with Gasteiger partial charge in [-0.05, 0) is 54.1 Å². The molecule has 1 aromatic rings. The first-order valence-corrected chi connectivity index (χ1v) is 7.66. The quantitative estimate of drug-likeness (QED) is 0.782. The number of carbonyl (C=O) groups is 1. The second-order valence-electron chi connectivity index (χ2n) is 5.19. The molecule has 1 aliphatic carbocycles. The predicted molar refractivity (Wildman–Crippen MR) is 78.3 cm³/mol. The second-order valence-corrected chi connectivity index (χ2v) is 6.11. The van der Waals surface area contributed by atoms with E-state index in [9.17, 15) is 4.79 Å². The van der Waals surface area contributed by atoms with E-state index in [2.05, 4.69) is 20.5 Å². The van der Waals surface area contributed by atoms with Gasteiger partial charge in [0.15, 0.2) is 0 Å². The summed E-state index contributed by atoms with van der Waals surface area (Å²) in [7, 11) is 1.85. The normalized spacial score (nSPS) is 14.7. The molecule has 4 nitrogen and oxygen atoms in total. The number of nitrogens with zero attached hydrogens (tertiary/aromatic N) is 2. The van der Waals surface area contributed by atoms with E-state index in [1.165, 1.54) is 12.8 Å². The third-order valence-corrected chi connectivity index (χ3v) is 3.91. The van der Waals surface area contributed by atoms with Gasteiger partial charge in [-0.3, -0.25) is 4.79 Å². The zero-order valence-corrected chi connectivity index (χ0v) is 12.9. The van der Waals surface area contributed by atoms with Gasteiger partial charge in [-0.25, -0.2) is 0 Å². The van der Waals surface area contributed by atoms with Crippen LogP contribution in [-0.2, 0) is 0 Å². The van der Waals surface area contributed by atoms with Crippen LogP contribution in [0.25, 0.3) is 0 Å². The number of aromatic nitrogens is 1. The van der Waals surface area contributed by atoms with Gasteiger partial charge in [-0.15, -0.1) is 0 Å². The Bertz CT molecular complexity index is 441. The fourth-order valence-corrected chi connectivity index (χ4v) is 2.64. The molecule has 0 spiro atoms. The molecule has 5 heteroatoms. The highest BCUT2D eigenvalue weighted by atomic mass is 79.9. The molecule has 0 aliphatic heterocycles. The van der Waals surface area contributed by atoms with Crippen molar-refractivity contribution in [1.82, 2.24) is 9.47 Å². The summed E-state index contributed by atoms with van der Waals surface area (Å²) in [6.45, 7) is 0.974. The molecule has 1 aromatic heterocycles. The lowest BCUT2D eigenvalue weighted by Crippen LogP contribution is -2.29. The molecule has 2 rings (SSSR count). The van der Waals surface area contributed by atoms with Gasteiger partial charge in [0.05, 0.1) is 0 Å². The second kappa shape index (κ2) is 6.57. The van der Waals surface area contributed by atoms with Crippen LogP contribution in [0, 0.1) is 0 Å². The third kappa shape index (κ3) is 3.83. The maximum atomic E-state index is 12.4. The lowest BCUT2D eigenvalue weighted by molar-refractivity contribution is 0.0781. The molecule has 1 fully saturated rings. The van der Waals surface area contributed by atoms with Crippen molar-refractivity contribution in [2.24, 2.45) is 0 Å². The fraction of sp³-hybridized carbons (Fsp3) is 0.643. The van der Waals surface area contributed by atoms with Crippen molar-refractivity contribution in [1.29, 1.82) is 0 Å². The Morgan fingerprint density at radius 2 is 2.21 bits per heavy atom. The van der Waals surface area contributed by atoms with Crippen LogP contribution in [0.4, 0.5) is 0 Å². The fourth-order valence-electron chi connectivity index (χ4n) is 2.21. The minimum Gasteiger partial charge on any atom is -0.396 e. The highest BCUT2D eigenvalue weighted by molar-refractivity contribution is 9.10. The summed E-state index contributed by atoms with van der Waals surface area (Å²) in [6, 6.07) is 2.42. The topological polar surface area (TPSA) is 45.5 Å². The van der Waals surface area contributed by atoms with Crippen LogP contribution in [0.1, 0.15) is 48.6 Å². The van der Waals surface area contributed by atoms with Crippen molar-refractivity contribution in [3.8, 4) is 0 Å². The van der Waals surface area contributed by atoms with Gasteiger partial charge in [0.1, 0.15) is 5.69 Å². The van der Waals surface area contributed by atoms with E-state index in [-0.39, 0.29) is 12.5 Å². The number of aliphatic hydroxyl groups excluding tert-OH is 1. The van der Waals surface area contributed by atoms with Crippen molar-refractivity contribution in [2.75, 3.05) is 20.2 Å². The van der Waals surface area contributed by atoms with Crippen LogP contribution in [0.2, 0.25) is 0 Å². The smallest absolute Gasteiger partial charge is 0.270 e. The summed E-state index contributed by atoms with van der Waals surface area (Å²) >= 11 is 3.45. The van der Waals surface area contributed by atoms with E-state index in [1.54, 1.807) is 4.90 Å². The van der Waals surface area contributed by atoms with E-state index in [0.29, 0.717) is 6.04 Å². The molecule has 1 heterocycles. The first kappa shape index (κ1) is 14.6. The predicted octanol–water partition coefficient (Wildman–Crippen LogP) is 2.82. The lowest BCUT2D eigenvalue weighted by atomic mass is 10.2. The molecule has 0 bridgehead atoms. The summed E-state index contributed by atoms with van der Waals surface area (Å²) in [6.07, 6.45) is 7.05. The maximum absolute atomic E-state index is 12.4. The van der Waals surface area contributed by atoms with E-state index in [0.717, 1.165) is 36.0 Å². The summed E-state index contributed by atoms with van der Waals surface area (Å²) < 4.78 is 3.06. The largest absolute Gasteiger partial charge is 0.396 e. The monoisotopic (exact) mass is 328 g/mol. The highest BCUT2D eigenvalue weighted by Crippen LogP contribution is 2.37. The molecule has 0 atom stereocenters. The molecule has 0 aromatic carbocycles. The van der Waals surface area contributed by atoms with Gasteiger partial charge in [0.2, 0.25) is 0 Å². The van der Waals surface area contributed by atoms with Gasteiger partial charge >= 0.3 is 0 Å². The van der Waals surface area contributed by atoms with Crippen LogP contribution in [0.3, 0.4) is 0 Å². The first-order chi connectivity index (χ1) is 9.13. The van der Waals surface area contributed by atoms with Crippen molar-refractivity contribution in [3.05, 3.63) is 22.4 Å². The minimum atomic E-state index is 0.0848. The number of hydrogen-bond acceptors (Lipinski definition) is 2. The number of amides is 1. The van der Waals surface area contributed by atoms with Crippen molar-refractivity contribution < 1.29 is 9.90 Å². The van der Waals surface area contributed by atoms with Gasteiger partial charge in [-0.1, -0.05) is 0 Å². The molecule has 0 saturated heterocycles. The highest BCUT2D eigenvalue weighted by Gasteiger charge is 2.28. The van der Waals surface area contributed by atoms with Crippen LogP contribution in [0.5, 0.6) is 0 Å². The molecule has 0 unspecified atom stereocenters. The minimum absolute atomic E-state index is 0.0848. The number of hydrogen-bond donors (Lipinski definition) is 1. The summed E-state index contributed by atoms with van der Waals surface area (Å²) in [5.74, 6) is 0.0848. The lowest BCUT2D eigenvalue weighted by Gasteiger charge is -2.18. The molecule has 0 radical (unpaired) electrons. The third-order valence-electron chi connectivity index (χ3n) is 3.47. The van der Waals surface area contributed by atoms with Crippen LogP contribution >= 0.6 is 15.9 Å². The van der Waals surface area contributed by atoms with Gasteiger partial charge < -0.3 is 14.6 Å². The molecule has 106 valence electrons. The van der Waals surface area contributed by atoms with E-state index >= 15 is 0 Å². The Morgan fingerprint density at radius 1 is 1.47 bits per heavy atom. The molecule has 19 heavy (non-hydrogen) atoms. The number of rotatable bonds is 7. The van der Waals surface area contributed by atoms with E-state index < -0.39 is 0 Å². The summed E-state index contributed by atoms with van der Waals surface area (Å²) in [4.78, 5) is 14.2. The number of aliphatic hydroxyl groups is 1. The van der Waals surface area contributed by atoms with E-state index in [4.69, 9.17) is 5.11 Å². The van der Waals surface area contributed by atoms with Gasteiger partial charge in [0, 0.05) is 36.9 Å². The van der Waals surface area contributed by atoms with Crippen LogP contribution < -0.4 is 0 Å².